The molecule has 6 rings (SSSR count). The van der Waals surface area contributed by atoms with Gasteiger partial charge in [-0.3, -0.25) is 9.78 Å². The van der Waals surface area contributed by atoms with E-state index in [-0.39, 0.29) is 12.3 Å². The van der Waals surface area contributed by atoms with Gasteiger partial charge in [-0.15, -0.1) is 0 Å². The van der Waals surface area contributed by atoms with Crippen LogP contribution in [0.15, 0.2) is 78.9 Å². The van der Waals surface area contributed by atoms with Crippen molar-refractivity contribution in [3.63, 3.8) is 0 Å². The van der Waals surface area contributed by atoms with Crippen LogP contribution in [0.25, 0.3) is 32.3 Å². The summed E-state index contributed by atoms with van der Waals surface area (Å²) in [6.45, 7) is 0. The fraction of sp³-hybridized carbons (Fsp3) is 0.172. The van der Waals surface area contributed by atoms with E-state index in [2.05, 4.69) is 60.7 Å². The maximum Gasteiger partial charge on any atom is 0.309 e. The molecule has 0 bridgehead atoms. The molecule has 0 amide bonds. The van der Waals surface area contributed by atoms with Gasteiger partial charge in [0, 0.05) is 17.0 Å². The maximum absolute atomic E-state index is 11.5. The third-order valence-corrected chi connectivity index (χ3v) is 6.88. The molecule has 0 radical (unpaired) electrons. The van der Waals surface area contributed by atoms with E-state index >= 15 is 0 Å². The van der Waals surface area contributed by atoms with Crippen LogP contribution >= 0.6 is 0 Å². The van der Waals surface area contributed by atoms with Crippen LogP contribution in [-0.2, 0) is 17.6 Å². The van der Waals surface area contributed by atoms with Gasteiger partial charge < -0.3 is 5.11 Å². The van der Waals surface area contributed by atoms with Gasteiger partial charge in [0.25, 0.3) is 0 Å². The van der Waals surface area contributed by atoms with Gasteiger partial charge >= 0.3 is 5.97 Å². The van der Waals surface area contributed by atoms with Crippen molar-refractivity contribution in [1.29, 1.82) is 0 Å². The Labute approximate surface area is 186 Å². The van der Waals surface area contributed by atoms with Gasteiger partial charge in [0.1, 0.15) is 0 Å². The molecule has 0 aliphatic heterocycles. The number of carbonyl (C=O) groups is 1. The standard InChI is InChI=1S/C29H23NO2/c31-29(32)17-28-21-9-4-2-7-19(21)16-27(30-28)26-11-5-10-22-24-13-12-18-6-1-3-8-20(18)23(24)14-15-25(22)26/h1-4,6-9,12-16,26H,5,10-11,17H2,(H,31,32). The van der Waals surface area contributed by atoms with Gasteiger partial charge in [-0.2, -0.15) is 0 Å². The van der Waals surface area contributed by atoms with Crippen molar-refractivity contribution in [2.45, 2.75) is 31.6 Å². The number of hydrogen-bond acceptors (Lipinski definition) is 2. The van der Waals surface area contributed by atoms with Crippen molar-refractivity contribution in [1.82, 2.24) is 4.98 Å². The third-order valence-electron chi connectivity index (χ3n) is 6.88. The minimum atomic E-state index is -0.846. The van der Waals surface area contributed by atoms with E-state index in [1.807, 2.05) is 18.2 Å². The highest BCUT2D eigenvalue weighted by Crippen LogP contribution is 2.41. The molecule has 1 N–H and O–H groups in total. The first-order valence-electron chi connectivity index (χ1n) is 11.2. The van der Waals surface area contributed by atoms with Crippen molar-refractivity contribution >= 4 is 38.3 Å². The van der Waals surface area contributed by atoms with Gasteiger partial charge in [0.2, 0.25) is 0 Å². The summed E-state index contributed by atoms with van der Waals surface area (Å²) in [6, 6.07) is 27.7. The molecular formula is C29H23NO2. The van der Waals surface area contributed by atoms with Crippen LogP contribution in [0.3, 0.4) is 0 Å². The van der Waals surface area contributed by atoms with Crippen LogP contribution in [0.4, 0.5) is 0 Å². The number of aromatic nitrogens is 1. The van der Waals surface area contributed by atoms with Gasteiger partial charge in [-0.05, 0) is 63.4 Å². The van der Waals surface area contributed by atoms with Gasteiger partial charge in [0.05, 0.1) is 12.1 Å². The second kappa shape index (κ2) is 7.45. The van der Waals surface area contributed by atoms with Crippen LogP contribution in [0.1, 0.15) is 41.3 Å². The number of benzene rings is 4. The number of aliphatic carboxylic acids is 1. The molecule has 156 valence electrons. The Morgan fingerprint density at radius 2 is 1.59 bits per heavy atom. The molecule has 0 saturated heterocycles. The van der Waals surface area contributed by atoms with E-state index in [0.29, 0.717) is 5.69 Å². The number of rotatable bonds is 3. The van der Waals surface area contributed by atoms with E-state index in [1.165, 1.54) is 32.7 Å². The Balaban J connectivity index is 1.55. The largest absolute Gasteiger partial charge is 0.481 e. The summed E-state index contributed by atoms with van der Waals surface area (Å²) in [5.74, 6) is -0.659. The number of carboxylic acid groups (broad SMARTS) is 1. The highest BCUT2D eigenvalue weighted by Gasteiger charge is 2.26. The molecule has 1 unspecified atom stereocenters. The minimum absolute atomic E-state index is 0.0579. The lowest BCUT2D eigenvalue weighted by Gasteiger charge is -2.27. The normalized spacial score (nSPS) is 15.8. The molecule has 4 aromatic carbocycles. The number of hydrogen-bond donors (Lipinski definition) is 1. The first-order valence-corrected chi connectivity index (χ1v) is 11.2. The predicted octanol–water partition coefficient (Wildman–Crippen LogP) is 6.64. The Hall–Kier alpha value is -3.72. The molecule has 5 aromatic rings. The molecule has 32 heavy (non-hydrogen) atoms. The SMILES string of the molecule is O=C(O)Cc1nc(C2CCCc3c2ccc2c3ccc3ccccc32)cc2ccccc12. The van der Waals surface area contributed by atoms with Gasteiger partial charge in [-0.1, -0.05) is 72.8 Å². The van der Waals surface area contributed by atoms with Crippen LogP contribution in [0.5, 0.6) is 0 Å². The third kappa shape index (κ3) is 3.04. The van der Waals surface area contributed by atoms with Crippen molar-refractivity contribution in [3.8, 4) is 0 Å². The molecule has 1 atom stereocenters. The van der Waals surface area contributed by atoms with E-state index in [0.717, 1.165) is 35.7 Å². The first kappa shape index (κ1) is 19.0. The maximum atomic E-state index is 11.5. The summed E-state index contributed by atoms with van der Waals surface area (Å²) in [6.07, 6.45) is 3.14. The van der Waals surface area contributed by atoms with E-state index in [4.69, 9.17) is 4.98 Å². The van der Waals surface area contributed by atoms with E-state index < -0.39 is 5.97 Å². The zero-order valence-electron chi connectivity index (χ0n) is 17.7. The smallest absolute Gasteiger partial charge is 0.309 e. The van der Waals surface area contributed by atoms with Crippen molar-refractivity contribution in [2.24, 2.45) is 0 Å². The highest BCUT2D eigenvalue weighted by molar-refractivity contribution is 6.08. The molecule has 0 spiro atoms. The second-order valence-corrected chi connectivity index (χ2v) is 8.75. The predicted molar refractivity (Wildman–Crippen MR) is 129 cm³/mol. The van der Waals surface area contributed by atoms with Crippen molar-refractivity contribution in [2.75, 3.05) is 0 Å². The number of nitrogens with zero attached hydrogens (tertiary/aromatic N) is 1. The lowest BCUT2D eigenvalue weighted by atomic mass is 9.78. The summed E-state index contributed by atoms with van der Waals surface area (Å²) in [7, 11) is 0. The first-order chi connectivity index (χ1) is 15.7. The summed E-state index contributed by atoms with van der Waals surface area (Å²) in [4.78, 5) is 16.4. The molecule has 0 saturated carbocycles. The van der Waals surface area contributed by atoms with E-state index in [1.54, 1.807) is 0 Å². The van der Waals surface area contributed by atoms with Crippen LogP contribution < -0.4 is 0 Å². The fourth-order valence-electron chi connectivity index (χ4n) is 5.47. The average molecular weight is 418 g/mol. The number of pyridine rings is 1. The van der Waals surface area contributed by atoms with Crippen molar-refractivity contribution < 1.29 is 9.90 Å². The van der Waals surface area contributed by atoms with Gasteiger partial charge in [0.15, 0.2) is 0 Å². The molecule has 1 aliphatic rings. The average Bonchev–Trinajstić information content (AvgIpc) is 2.82. The zero-order valence-corrected chi connectivity index (χ0v) is 17.7. The number of fused-ring (bicyclic) bond motifs is 6. The Kier molecular flexibility index (Phi) is 4.43. The minimum Gasteiger partial charge on any atom is -0.481 e. The van der Waals surface area contributed by atoms with Gasteiger partial charge in [-0.25, -0.2) is 0 Å². The van der Waals surface area contributed by atoms with Crippen molar-refractivity contribution in [3.05, 3.63) is 101 Å². The summed E-state index contributed by atoms with van der Waals surface area (Å²) in [5, 5.41) is 16.6. The Bertz CT molecular complexity index is 1520. The topological polar surface area (TPSA) is 50.2 Å². The molecule has 1 aliphatic carbocycles. The Morgan fingerprint density at radius 1 is 0.844 bits per heavy atom. The van der Waals surface area contributed by atoms with E-state index in [9.17, 15) is 9.90 Å². The molecule has 1 aromatic heterocycles. The van der Waals surface area contributed by atoms with Crippen LogP contribution in [0.2, 0.25) is 0 Å². The second-order valence-electron chi connectivity index (χ2n) is 8.75. The summed E-state index contributed by atoms with van der Waals surface area (Å²) < 4.78 is 0. The molecular weight excluding hydrogens is 394 g/mol. The zero-order chi connectivity index (χ0) is 21.7. The highest BCUT2D eigenvalue weighted by atomic mass is 16.4. The lowest BCUT2D eigenvalue weighted by molar-refractivity contribution is -0.136. The Morgan fingerprint density at radius 3 is 2.44 bits per heavy atom. The molecule has 3 heteroatoms. The lowest BCUT2D eigenvalue weighted by Crippen LogP contribution is -2.14. The van der Waals surface area contributed by atoms with Crippen LogP contribution in [-0.4, -0.2) is 16.1 Å². The van der Waals surface area contributed by atoms with Crippen LogP contribution in [0, 0.1) is 0 Å². The molecule has 3 nitrogen and oxygen atoms in total. The number of carboxylic acids is 1. The molecule has 0 fully saturated rings. The monoisotopic (exact) mass is 417 g/mol. The summed E-state index contributed by atoms with van der Waals surface area (Å²) in [5.41, 5.74) is 4.40. The summed E-state index contributed by atoms with van der Waals surface area (Å²) >= 11 is 0. The molecule has 1 heterocycles. The number of aryl methyl sites for hydroxylation is 1. The fourth-order valence-corrected chi connectivity index (χ4v) is 5.47. The quantitative estimate of drug-likeness (QED) is 0.335.